The Hall–Kier alpha value is -1.23. The molecule has 0 amide bonds. The van der Waals surface area contributed by atoms with E-state index in [1.807, 2.05) is 0 Å². The summed E-state index contributed by atoms with van der Waals surface area (Å²) >= 11 is 0. The minimum atomic E-state index is -2.82. The third-order valence-corrected chi connectivity index (χ3v) is 2.59. The zero-order chi connectivity index (χ0) is 12.2. The lowest BCUT2D eigenvalue weighted by atomic mass is 9.89. The first-order valence-corrected chi connectivity index (χ1v) is 5.03. The Balaban J connectivity index is 2.67. The first-order chi connectivity index (χ1) is 7.47. The lowest BCUT2D eigenvalue weighted by Crippen LogP contribution is -2.32. The van der Waals surface area contributed by atoms with Crippen LogP contribution in [0.15, 0.2) is 23.8 Å². The van der Waals surface area contributed by atoms with Crippen molar-refractivity contribution >= 4 is 5.97 Å². The molecule has 0 aromatic heterocycles. The van der Waals surface area contributed by atoms with E-state index in [2.05, 4.69) is 4.74 Å². The number of hydrogen-bond donors (Lipinski definition) is 1. The van der Waals surface area contributed by atoms with E-state index in [9.17, 15) is 13.6 Å². The number of carboxylic acids is 1. The summed E-state index contributed by atoms with van der Waals surface area (Å²) in [6, 6.07) is 0. The summed E-state index contributed by atoms with van der Waals surface area (Å²) in [4.78, 5) is 10.5. The van der Waals surface area contributed by atoms with E-state index in [0.29, 0.717) is 12.0 Å². The predicted molar refractivity (Wildman–Crippen MR) is 54.2 cm³/mol. The smallest absolute Gasteiger partial charge is 0.346 e. The molecule has 1 atom stereocenters. The van der Waals surface area contributed by atoms with Gasteiger partial charge >= 0.3 is 12.6 Å². The molecular formula is C11H14F2O3. The largest absolute Gasteiger partial charge is 0.481 e. The lowest BCUT2D eigenvalue weighted by Gasteiger charge is -2.30. The van der Waals surface area contributed by atoms with Crippen LogP contribution in [0.5, 0.6) is 0 Å². The molecule has 1 unspecified atom stereocenters. The molecule has 0 aromatic carbocycles. The van der Waals surface area contributed by atoms with Crippen molar-refractivity contribution < 1.29 is 23.4 Å². The number of hydrogen-bond acceptors (Lipinski definition) is 2. The van der Waals surface area contributed by atoms with Crippen LogP contribution in [0, 0.1) is 0 Å². The van der Waals surface area contributed by atoms with E-state index in [1.165, 1.54) is 6.08 Å². The van der Waals surface area contributed by atoms with Gasteiger partial charge in [0.1, 0.15) is 0 Å². The second-order valence-corrected chi connectivity index (χ2v) is 3.68. The highest BCUT2D eigenvalue weighted by atomic mass is 19.3. The van der Waals surface area contributed by atoms with Crippen LogP contribution in [0.25, 0.3) is 0 Å². The summed E-state index contributed by atoms with van der Waals surface area (Å²) in [5, 5.41) is 8.57. The van der Waals surface area contributed by atoms with Crippen molar-refractivity contribution in [2.75, 3.05) is 0 Å². The number of alkyl halides is 2. The van der Waals surface area contributed by atoms with Gasteiger partial charge in [0.25, 0.3) is 0 Å². The van der Waals surface area contributed by atoms with Gasteiger partial charge in [-0.3, -0.25) is 4.79 Å². The Kier molecular flexibility index (Phi) is 4.18. The topological polar surface area (TPSA) is 46.5 Å². The molecule has 0 aliphatic heterocycles. The van der Waals surface area contributed by atoms with Gasteiger partial charge in [-0.05, 0) is 18.4 Å². The first-order valence-electron chi connectivity index (χ1n) is 5.03. The fraction of sp³-hybridized carbons (Fsp3) is 0.545. The SMILES string of the molecule is CCC1(OC(F)F)C=CC(CC(=O)O)=CC1. The van der Waals surface area contributed by atoms with E-state index in [0.717, 1.165) is 0 Å². The second-order valence-electron chi connectivity index (χ2n) is 3.68. The zero-order valence-corrected chi connectivity index (χ0v) is 8.95. The normalized spacial score (nSPS) is 24.6. The van der Waals surface area contributed by atoms with Crippen LogP contribution in [0.1, 0.15) is 26.2 Å². The summed E-state index contributed by atoms with van der Waals surface area (Å²) in [6.45, 7) is -1.07. The molecule has 1 rings (SSSR count). The summed E-state index contributed by atoms with van der Waals surface area (Å²) in [5.41, 5.74) is -0.370. The molecule has 0 spiro atoms. The van der Waals surface area contributed by atoms with Crippen molar-refractivity contribution in [1.82, 2.24) is 0 Å². The van der Waals surface area contributed by atoms with Crippen molar-refractivity contribution in [2.24, 2.45) is 0 Å². The highest BCUT2D eigenvalue weighted by molar-refractivity contribution is 5.71. The van der Waals surface area contributed by atoms with Crippen molar-refractivity contribution in [3.63, 3.8) is 0 Å². The Morgan fingerprint density at radius 2 is 2.38 bits per heavy atom. The minimum absolute atomic E-state index is 0.0923. The molecule has 0 aromatic rings. The molecule has 0 saturated carbocycles. The van der Waals surface area contributed by atoms with Crippen molar-refractivity contribution in [1.29, 1.82) is 0 Å². The maximum absolute atomic E-state index is 12.2. The zero-order valence-electron chi connectivity index (χ0n) is 8.95. The molecule has 1 N–H and O–H groups in total. The molecule has 16 heavy (non-hydrogen) atoms. The predicted octanol–water partition coefficient (Wildman–Crippen LogP) is 2.74. The fourth-order valence-corrected chi connectivity index (χ4v) is 1.61. The minimum Gasteiger partial charge on any atom is -0.481 e. The monoisotopic (exact) mass is 232 g/mol. The van der Waals surface area contributed by atoms with Gasteiger partial charge in [-0.25, -0.2) is 0 Å². The van der Waals surface area contributed by atoms with Gasteiger partial charge < -0.3 is 9.84 Å². The average molecular weight is 232 g/mol. The number of halogens is 2. The van der Waals surface area contributed by atoms with E-state index in [-0.39, 0.29) is 12.8 Å². The third kappa shape index (κ3) is 3.41. The molecule has 1 aliphatic carbocycles. The standard InChI is InChI=1S/C11H14F2O3/c1-2-11(16-10(12)13)5-3-8(4-6-11)7-9(14)15/h3-5,10H,2,6-7H2,1H3,(H,14,15). The van der Waals surface area contributed by atoms with Crippen LogP contribution in [-0.4, -0.2) is 23.3 Å². The summed E-state index contributed by atoms with van der Waals surface area (Å²) in [6.07, 6.45) is 5.32. The molecule has 90 valence electrons. The Labute approximate surface area is 92.4 Å². The van der Waals surface area contributed by atoms with Crippen LogP contribution in [0.2, 0.25) is 0 Å². The van der Waals surface area contributed by atoms with Crippen LogP contribution < -0.4 is 0 Å². The number of aliphatic carboxylic acids is 1. The van der Waals surface area contributed by atoms with Gasteiger partial charge in [-0.1, -0.05) is 25.2 Å². The molecule has 1 aliphatic rings. The van der Waals surface area contributed by atoms with E-state index in [4.69, 9.17) is 5.11 Å². The van der Waals surface area contributed by atoms with Crippen LogP contribution in [-0.2, 0) is 9.53 Å². The molecule has 0 heterocycles. The maximum Gasteiger partial charge on any atom is 0.346 e. The van der Waals surface area contributed by atoms with Gasteiger partial charge in [-0.2, -0.15) is 8.78 Å². The highest BCUT2D eigenvalue weighted by Gasteiger charge is 2.30. The average Bonchev–Trinajstić information content (AvgIpc) is 2.20. The molecular weight excluding hydrogens is 218 g/mol. The number of ether oxygens (including phenoxy) is 1. The Bertz CT molecular complexity index is 323. The second kappa shape index (κ2) is 5.21. The van der Waals surface area contributed by atoms with E-state index >= 15 is 0 Å². The first kappa shape index (κ1) is 12.8. The van der Waals surface area contributed by atoms with Crippen molar-refractivity contribution in [3.8, 4) is 0 Å². The van der Waals surface area contributed by atoms with Gasteiger partial charge in [0, 0.05) is 0 Å². The lowest BCUT2D eigenvalue weighted by molar-refractivity contribution is -0.192. The fourth-order valence-electron chi connectivity index (χ4n) is 1.61. The highest BCUT2D eigenvalue weighted by Crippen LogP contribution is 2.30. The number of allylic oxidation sites excluding steroid dienone is 1. The van der Waals surface area contributed by atoms with Crippen LogP contribution in [0.4, 0.5) is 8.78 Å². The van der Waals surface area contributed by atoms with E-state index in [1.54, 1.807) is 19.1 Å². The third-order valence-electron chi connectivity index (χ3n) is 2.59. The molecule has 0 radical (unpaired) electrons. The molecule has 0 fully saturated rings. The van der Waals surface area contributed by atoms with Crippen LogP contribution in [0.3, 0.4) is 0 Å². The van der Waals surface area contributed by atoms with Crippen molar-refractivity contribution in [3.05, 3.63) is 23.8 Å². The van der Waals surface area contributed by atoms with Gasteiger partial charge in [0.15, 0.2) is 0 Å². The summed E-state index contributed by atoms with van der Waals surface area (Å²) in [7, 11) is 0. The number of carbonyl (C=O) groups is 1. The van der Waals surface area contributed by atoms with Gasteiger partial charge in [-0.15, -0.1) is 0 Å². The Morgan fingerprint density at radius 3 is 2.75 bits per heavy atom. The van der Waals surface area contributed by atoms with Crippen molar-refractivity contribution in [2.45, 2.75) is 38.4 Å². The quantitative estimate of drug-likeness (QED) is 0.792. The summed E-state index contributed by atoms with van der Waals surface area (Å²) < 4.78 is 28.9. The van der Waals surface area contributed by atoms with Gasteiger partial charge in [0.05, 0.1) is 12.0 Å². The Morgan fingerprint density at radius 1 is 1.69 bits per heavy atom. The number of carboxylic acid groups (broad SMARTS) is 1. The van der Waals surface area contributed by atoms with Gasteiger partial charge in [0.2, 0.25) is 0 Å². The molecule has 0 saturated heterocycles. The molecule has 5 heteroatoms. The number of rotatable bonds is 5. The molecule has 3 nitrogen and oxygen atoms in total. The molecule has 0 bridgehead atoms. The van der Waals surface area contributed by atoms with E-state index < -0.39 is 18.2 Å². The summed E-state index contributed by atoms with van der Waals surface area (Å²) in [5.74, 6) is -0.935. The maximum atomic E-state index is 12.2. The van der Waals surface area contributed by atoms with Crippen LogP contribution >= 0.6 is 0 Å².